The van der Waals surface area contributed by atoms with E-state index in [-0.39, 0.29) is 5.69 Å². The molecule has 0 radical (unpaired) electrons. The molecule has 148 valence electrons. The van der Waals surface area contributed by atoms with E-state index in [1.807, 2.05) is 19.3 Å². The van der Waals surface area contributed by atoms with E-state index in [4.69, 9.17) is 0 Å². The summed E-state index contributed by atoms with van der Waals surface area (Å²) >= 11 is 0. The van der Waals surface area contributed by atoms with Gasteiger partial charge in [-0.3, -0.25) is 9.47 Å². The number of hydrogen-bond acceptors (Lipinski definition) is 6. The van der Waals surface area contributed by atoms with Crippen LogP contribution in [0.2, 0.25) is 0 Å². The maximum atomic E-state index is 12.0. The number of nitrogens with zero attached hydrogens (tertiary/aromatic N) is 6. The molecule has 2 aromatic heterocycles. The molecule has 1 aliphatic rings. The summed E-state index contributed by atoms with van der Waals surface area (Å²) in [6.07, 6.45) is 8.05. The van der Waals surface area contributed by atoms with Gasteiger partial charge in [-0.25, -0.2) is 19.4 Å². The highest BCUT2D eigenvalue weighted by Crippen LogP contribution is 2.22. The van der Waals surface area contributed by atoms with Gasteiger partial charge in [0.1, 0.15) is 5.82 Å². The average Bonchev–Trinajstić information content (AvgIpc) is 2.95. The van der Waals surface area contributed by atoms with Gasteiger partial charge < -0.3 is 5.32 Å². The Balaban J connectivity index is 1.49. The summed E-state index contributed by atoms with van der Waals surface area (Å²) in [6.45, 7) is 8.72. The van der Waals surface area contributed by atoms with Gasteiger partial charge in [-0.1, -0.05) is 6.92 Å². The minimum Gasteiger partial charge on any atom is -0.354 e. The highest BCUT2D eigenvalue weighted by molar-refractivity contribution is 5.24. The minimum atomic E-state index is -0.0122. The zero-order valence-electron chi connectivity index (χ0n) is 16.7. The lowest BCUT2D eigenvalue weighted by atomic mass is 9.93. The molecule has 8 heteroatoms. The van der Waals surface area contributed by atoms with Crippen molar-refractivity contribution in [1.82, 2.24) is 29.2 Å². The van der Waals surface area contributed by atoms with E-state index in [1.54, 1.807) is 11.6 Å². The van der Waals surface area contributed by atoms with Crippen LogP contribution in [0.5, 0.6) is 0 Å². The van der Waals surface area contributed by atoms with Crippen molar-refractivity contribution < 1.29 is 0 Å². The lowest BCUT2D eigenvalue weighted by Gasteiger charge is -2.31. The van der Waals surface area contributed by atoms with Gasteiger partial charge in [0.2, 0.25) is 5.95 Å². The van der Waals surface area contributed by atoms with Crippen molar-refractivity contribution in [2.75, 3.05) is 25.0 Å². The van der Waals surface area contributed by atoms with Gasteiger partial charge in [-0.15, -0.1) is 0 Å². The van der Waals surface area contributed by atoms with E-state index in [0.29, 0.717) is 18.4 Å². The number of piperidine rings is 1. The second kappa shape index (κ2) is 9.12. The number of likely N-dealkylation sites (tertiary alicyclic amines) is 1. The summed E-state index contributed by atoms with van der Waals surface area (Å²) in [4.78, 5) is 23.3. The van der Waals surface area contributed by atoms with Gasteiger partial charge in [0.25, 0.3) is 0 Å². The topological polar surface area (TPSA) is 80.9 Å². The Hall–Kier alpha value is -2.22. The normalized spacial score (nSPS) is 16.0. The third kappa shape index (κ3) is 4.94. The first-order valence-corrected chi connectivity index (χ1v) is 10.0. The number of aromatic nitrogens is 5. The van der Waals surface area contributed by atoms with Gasteiger partial charge in [0.05, 0.1) is 0 Å². The SMILES string of the molecule is CCCNc1ncc(CN2CCC(Cc3nn(C)c(=O)n3CC)CC2)cn1. The molecule has 0 aliphatic carbocycles. The highest BCUT2D eigenvalue weighted by atomic mass is 16.2. The number of nitrogens with one attached hydrogen (secondary N) is 1. The highest BCUT2D eigenvalue weighted by Gasteiger charge is 2.22. The quantitative estimate of drug-likeness (QED) is 0.758. The molecular formula is C19H31N7O. The Morgan fingerprint density at radius 3 is 2.52 bits per heavy atom. The van der Waals surface area contributed by atoms with Crippen LogP contribution in [0.3, 0.4) is 0 Å². The second-order valence-corrected chi connectivity index (χ2v) is 7.33. The summed E-state index contributed by atoms with van der Waals surface area (Å²) in [5, 5.41) is 7.62. The van der Waals surface area contributed by atoms with Crippen LogP contribution < -0.4 is 11.0 Å². The van der Waals surface area contributed by atoms with Crippen molar-refractivity contribution in [3.63, 3.8) is 0 Å². The Labute approximate surface area is 160 Å². The summed E-state index contributed by atoms with van der Waals surface area (Å²) < 4.78 is 3.24. The second-order valence-electron chi connectivity index (χ2n) is 7.33. The average molecular weight is 374 g/mol. The molecule has 1 N–H and O–H groups in total. The first kappa shape index (κ1) is 19.5. The van der Waals surface area contributed by atoms with Crippen LogP contribution in [0.15, 0.2) is 17.2 Å². The molecule has 1 fully saturated rings. The Kier molecular flexibility index (Phi) is 6.60. The predicted molar refractivity (Wildman–Crippen MR) is 106 cm³/mol. The number of rotatable bonds is 8. The smallest absolute Gasteiger partial charge is 0.345 e. The fourth-order valence-electron chi connectivity index (χ4n) is 3.65. The summed E-state index contributed by atoms with van der Waals surface area (Å²) in [5.74, 6) is 2.22. The Morgan fingerprint density at radius 2 is 1.89 bits per heavy atom. The Bertz CT molecular complexity index is 772. The van der Waals surface area contributed by atoms with Crippen LogP contribution >= 0.6 is 0 Å². The van der Waals surface area contributed by atoms with E-state index in [1.165, 1.54) is 4.68 Å². The molecule has 27 heavy (non-hydrogen) atoms. The van der Waals surface area contributed by atoms with Gasteiger partial charge in [-0.2, -0.15) is 5.10 Å². The van der Waals surface area contributed by atoms with Crippen LogP contribution in [0.4, 0.5) is 5.95 Å². The third-order valence-electron chi connectivity index (χ3n) is 5.22. The molecule has 1 saturated heterocycles. The molecule has 0 unspecified atom stereocenters. The first-order chi connectivity index (χ1) is 13.1. The molecule has 8 nitrogen and oxygen atoms in total. The molecule has 0 aromatic carbocycles. The van der Waals surface area contributed by atoms with E-state index >= 15 is 0 Å². The molecule has 3 rings (SSSR count). The van der Waals surface area contributed by atoms with Crippen LogP contribution in [-0.2, 0) is 26.6 Å². The van der Waals surface area contributed by atoms with Crippen molar-refractivity contribution in [2.24, 2.45) is 13.0 Å². The molecule has 0 amide bonds. The molecule has 1 aliphatic heterocycles. The van der Waals surface area contributed by atoms with Gasteiger partial charge in [0.15, 0.2) is 0 Å². The van der Waals surface area contributed by atoms with Crippen molar-refractivity contribution in [1.29, 1.82) is 0 Å². The van der Waals surface area contributed by atoms with E-state index in [0.717, 1.165) is 63.3 Å². The largest absolute Gasteiger partial charge is 0.354 e. The summed E-state index contributed by atoms with van der Waals surface area (Å²) in [5.41, 5.74) is 1.14. The van der Waals surface area contributed by atoms with Crippen LogP contribution in [0, 0.1) is 5.92 Å². The molecular weight excluding hydrogens is 342 g/mol. The molecule has 2 aromatic rings. The maximum Gasteiger partial charge on any atom is 0.345 e. The minimum absolute atomic E-state index is 0.0122. The first-order valence-electron chi connectivity index (χ1n) is 10.0. The van der Waals surface area contributed by atoms with Crippen molar-refractivity contribution in [3.8, 4) is 0 Å². The van der Waals surface area contributed by atoms with Crippen LogP contribution in [-0.4, -0.2) is 48.8 Å². The monoisotopic (exact) mass is 373 g/mol. The fourth-order valence-corrected chi connectivity index (χ4v) is 3.65. The van der Waals surface area contributed by atoms with Crippen LogP contribution in [0.1, 0.15) is 44.5 Å². The van der Waals surface area contributed by atoms with E-state index < -0.39 is 0 Å². The van der Waals surface area contributed by atoms with Crippen molar-refractivity contribution in [3.05, 3.63) is 34.3 Å². The lowest BCUT2D eigenvalue weighted by molar-refractivity contribution is 0.175. The third-order valence-corrected chi connectivity index (χ3v) is 5.22. The van der Waals surface area contributed by atoms with Crippen molar-refractivity contribution in [2.45, 2.75) is 52.6 Å². The standard InChI is InChI=1S/C19H31N7O/c1-4-8-20-18-21-12-16(13-22-18)14-25-9-6-15(7-10-25)11-17-23-24(3)19(27)26(17)5-2/h12-13,15H,4-11,14H2,1-3H3,(H,20,21,22). The van der Waals surface area contributed by atoms with Crippen molar-refractivity contribution >= 4 is 5.95 Å². The summed E-state index contributed by atoms with van der Waals surface area (Å²) in [7, 11) is 1.73. The molecule has 0 atom stereocenters. The molecule has 0 spiro atoms. The predicted octanol–water partition coefficient (Wildman–Crippen LogP) is 1.67. The maximum absolute atomic E-state index is 12.0. The van der Waals surface area contributed by atoms with Crippen LogP contribution in [0.25, 0.3) is 0 Å². The van der Waals surface area contributed by atoms with Gasteiger partial charge in [0, 0.05) is 51.1 Å². The van der Waals surface area contributed by atoms with E-state index in [2.05, 4.69) is 32.2 Å². The molecule has 3 heterocycles. The van der Waals surface area contributed by atoms with Gasteiger partial charge >= 0.3 is 5.69 Å². The molecule has 0 saturated carbocycles. The lowest BCUT2D eigenvalue weighted by Crippen LogP contribution is -2.34. The number of hydrogen-bond donors (Lipinski definition) is 1. The fraction of sp³-hybridized carbons (Fsp3) is 0.684. The number of aryl methyl sites for hydroxylation is 1. The van der Waals surface area contributed by atoms with Gasteiger partial charge in [-0.05, 0) is 45.2 Å². The number of anilines is 1. The zero-order chi connectivity index (χ0) is 19.2. The Morgan fingerprint density at radius 1 is 1.19 bits per heavy atom. The molecule has 0 bridgehead atoms. The van der Waals surface area contributed by atoms with E-state index in [9.17, 15) is 4.79 Å². The summed E-state index contributed by atoms with van der Waals surface area (Å²) in [6, 6.07) is 0. The zero-order valence-corrected chi connectivity index (χ0v) is 16.7.